The van der Waals surface area contributed by atoms with Crippen molar-refractivity contribution in [1.82, 2.24) is 10.2 Å². The highest BCUT2D eigenvalue weighted by molar-refractivity contribution is 7.80. The molecule has 0 aromatic heterocycles. The van der Waals surface area contributed by atoms with Gasteiger partial charge in [-0.15, -0.1) is 0 Å². The van der Waals surface area contributed by atoms with Gasteiger partial charge < -0.3 is 19.7 Å². The van der Waals surface area contributed by atoms with Crippen LogP contribution in [0.25, 0.3) is 0 Å². The van der Waals surface area contributed by atoms with Gasteiger partial charge in [-0.2, -0.15) is 0 Å². The molecular formula is C23H27N3O4S. The molecule has 0 aliphatic carbocycles. The van der Waals surface area contributed by atoms with Crippen LogP contribution in [0.4, 0.5) is 5.69 Å². The summed E-state index contributed by atoms with van der Waals surface area (Å²) in [6.07, 6.45) is 1.92. The zero-order valence-electron chi connectivity index (χ0n) is 17.6. The van der Waals surface area contributed by atoms with E-state index in [1.54, 1.807) is 47.4 Å². The van der Waals surface area contributed by atoms with Gasteiger partial charge in [-0.05, 0) is 49.0 Å². The van der Waals surface area contributed by atoms with E-state index in [1.165, 1.54) is 0 Å². The molecule has 0 saturated carbocycles. The van der Waals surface area contributed by atoms with E-state index in [-0.39, 0.29) is 16.9 Å². The normalized spacial score (nSPS) is 13.4. The van der Waals surface area contributed by atoms with Crippen molar-refractivity contribution < 1.29 is 19.1 Å². The van der Waals surface area contributed by atoms with Gasteiger partial charge in [-0.25, -0.2) is 0 Å². The Labute approximate surface area is 187 Å². The predicted molar refractivity (Wildman–Crippen MR) is 124 cm³/mol. The Bertz CT molecular complexity index is 929. The summed E-state index contributed by atoms with van der Waals surface area (Å²) in [5, 5.41) is 5.80. The Kier molecular flexibility index (Phi) is 8.37. The number of benzene rings is 2. The average molecular weight is 442 g/mol. The molecule has 0 radical (unpaired) electrons. The summed E-state index contributed by atoms with van der Waals surface area (Å²) in [5.41, 5.74) is 1.59. The summed E-state index contributed by atoms with van der Waals surface area (Å²) in [5.74, 6) is 0.111. The lowest BCUT2D eigenvalue weighted by molar-refractivity contribution is 0.0303. The van der Waals surface area contributed by atoms with Crippen molar-refractivity contribution >= 4 is 34.8 Å². The molecule has 1 saturated heterocycles. The zero-order chi connectivity index (χ0) is 22.1. The van der Waals surface area contributed by atoms with Crippen LogP contribution >= 0.6 is 12.2 Å². The molecule has 2 N–H and O–H groups in total. The first-order chi connectivity index (χ1) is 15.1. The Hall–Kier alpha value is -2.97. The van der Waals surface area contributed by atoms with E-state index >= 15 is 0 Å². The number of amides is 2. The monoisotopic (exact) mass is 441 g/mol. The Morgan fingerprint density at radius 1 is 1.13 bits per heavy atom. The minimum Gasteiger partial charge on any atom is -0.493 e. The van der Waals surface area contributed by atoms with Crippen LogP contribution in [0.1, 0.15) is 40.5 Å². The lowest BCUT2D eigenvalue weighted by Gasteiger charge is -2.27. The second kappa shape index (κ2) is 11.4. The lowest BCUT2D eigenvalue weighted by atomic mass is 10.1. The third-order valence-electron chi connectivity index (χ3n) is 4.78. The van der Waals surface area contributed by atoms with Crippen LogP contribution < -0.4 is 15.4 Å². The van der Waals surface area contributed by atoms with Crippen LogP contribution in [-0.4, -0.2) is 54.7 Å². The number of hydrogen-bond acceptors (Lipinski definition) is 5. The number of thiocarbonyl (C=S) groups is 1. The van der Waals surface area contributed by atoms with E-state index in [1.807, 2.05) is 6.07 Å². The van der Waals surface area contributed by atoms with Crippen molar-refractivity contribution in [3.05, 3.63) is 59.7 Å². The van der Waals surface area contributed by atoms with Crippen molar-refractivity contribution in [1.29, 1.82) is 0 Å². The number of nitrogens with zero attached hydrogens (tertiary/aromatic N) is 1. The average Bonchev–Trinajstić information content (AvgIpc) is 2.79. The van der Waals surface area contributed by atoms with E-state index in [0.717, 1.165) is 12.8 Å². The molecule has 1 heterocycles. The fourth-order valence-electron chi connectivity index (χ4n) is 3.12. The van der Waals surface area contributed by atoms with E-state index in [0.29, 0.717) is 55.5 Å². The molecule has 8 heteroatoms. The largest absolute Gasteiger partial charge is 0.493 e. The second-order valence-corrected chi connectivity index (χ2v) is 7.50. The first-order valence-corrected chi connectivity index (χ1v) is 10.8. The smallest absolute Gasteiger partial charge is 0.261 e. The van der Waals surface area contributed by atoms with Crippen molar-refractivity contribution in [2.24, 2.45) is 0 Å². The van der Waals surface area contributed by atoms with Crippen LogP contribution in [0.5, 0.6) is 5.75 Å². The fourth-order valence-corrected chi connectivity index (χ4v) is 3.33. The molecule has 0 unspecified atom stereocenters. The minimum atomic E-state index is -0.356. The number of morpholine rings is 1. The SMILES string of the molecule is CCCCOc1ccccc1C(=O)NC(=S)Nc1cccc(C(=O)N2CCOCC2)c1. The molecule has 1 aliphatic heterocycles. The van der Waals surface area contributed by atoms with Crippen LogP contribution in [0, 0.1) is 0 Å². The van der Waals surface area contributed by atoms with Gasteiger partial charge in [0.2, 0.25) is 0 Å². The highest BCUT2D eigenvalue weighted by atomic mass is 32.1. The first-order valence-electron chi connectivity index (χ1n) is 10.4. The number of para-hydroxylation sites is 1. The number of anilines is 1. The van der Waals surface area contributed by atoms with Gasteiger partial charge in [0, 0.05) is 24.3 Å². The quantitative estimate of drug-likeness (QED) is 0.506. The van der Waals surface area contributed by atoms with Crippen molar-refractivity contribution in [3.63, 3.8) is 0 Å². The molecule has 7 nitrogen and oxygen atoms in total. The molecule has 2 aromatic rings. The van der Waals surface area contributed by atoms with Gasteiger partial charge in [0.25, 0.3) is 11.8 Å². The Balaban J connectivity index is 1.61. The van der Waals surface area contributed by atoms with Gasteiger partial charge in [0.1, 0.15) is 5.75 Å². The highest BCUT2D eigenvalue weighted by Gasteiger charge is 2.19. The van der Waals surface area contributed by atoms with Crippen molar-refractivity contribution in [2.45, 2.75) is 19.8 Å². The maximum Gasteiger partial charge on any atom is 0.261 e. The van der Waals surface area contributed by atoms with Crippen LogP contribution in [-0.2, 0) is 4.74 Å². The number of hydrogen-bond donors (Lipinski definition) is 2. The predicted octanol–water partition coefficient (Wildman–Crippen LogP) is 3.46. The standard InChI is InChI=1S/C23H27N3O4S/c1-2-3-13-30-20-10-5-4-9-19(20)21(27)25-23(31)24-18-8-6-7-17(16-18)22(28)26-11-14-29-15-12-26/h4-10,16H,2-3,11-15H2,1H3,(H2,24,25,27,31). The van der Waals surface area contributed by atoms with Crippen LogP contribution in [0.15, 0.2) is 48.5 Å². The third-order valence-corrected chi connectivity index (χ3v) is 4.98. The molecule has 1 aliphatic rings. The fraction of sp³-hybridized carbons (Fsp3) is 0.348. The first kappa shape index (κ1) is 22.7. The van der Waals surface area contributed by atoms with E-state index in [4.69, 9.17) is 21.7 Å². The van der Waals surface area contributed by atoms with Gasteiger partial charge in [0.15, 0.2) is 5.11 Å². The van der Waals surface area contributed by atoms with E-state index < -0.39 is 0 Å². The molecule has 0 spiro atoms. The number of nitrogens with one attached hydrogen (secondary N) is 2. The molecular weight excluding hydrogens is 414 g/mol. The summed E-state index contributed by atoms with van der Waals surface area (Å²) in [6.45, 7) is 4.87. The molecule has 1 fully saturated rings. The van der Waals surface area contributed by atoms with Gasteiger partial charge >= 0.3 is 0 Å². The third kappa shape index (κ3) is 6.50. The molecule has 164 valence electrons. The summed E-state index contributed by atoms with van der Waals surface area (Å²) < 4.78 is 11.0. The summed E-state index contributed by atoms with van der Waals surface area (Å²) >= 11 is 5.30. The Morgan fingerprint density at radius 2 is 1.90 bits per heavy atom. The van der Waals surface area contributed by atoms with Gasteiger partial charge in [0.05, 0.1) is 25.4 Å². The number of unbranched alkanes of at least 4 members (excludes halogenated alkanes) is 1. The number of carbonyl (C=O) groups is 2. The van der Waals surface area contributed by atoms with E-state index in [2.05, 4.69) is 17.6 Å². The van der Waals surface area contributed by atoms with Crippen molar-refractivity contribution in [2.75, 3.05) is 38.2 Å². The summed E-state index contributed by atoms with van der Waals surface area (Å²) in [7, 11) is 0. The number of ether oxygens (including phenoxy) is 2. The molecule has 3 rings (SSSR count). The van der Waals surface area contributed by atoms with Crippen LogP contribution in [0.2, 0.25) is 0 Å². The topological polar surface area (TPSA) is 79.9 Å². The maximum atomic E-state index is 12.7. The highest BCUT2D eigenvalue weighted by Crippen LogP contribution is 2.19. The molecule has 31 heavy (non-hydrogen) atoms. The second-order valence-electron chi connectivity index (χ2n) is 7.09. The minimum absolute atomic E-state index is 0.0555. The van der Waals surface area contributed by atoms with Gasteiger partial charge in [-0.3, -0.25) is 14.9 Å². The summed E-state index contributed by atoms with van der Waals surface area (Å²) in [4.78, 5) is 27.1. The molecule has 0 bridgehead atoms. The zero-order valence-corrected chi connectivity index (χ0v) is 18.4. The van der Waals surface area contributed by atoms with Crippen LogP contribution in [0.3, 0.4) is 0 Å². The van der Waals surface area contributed by atoms with Gasteiger partial charge in [-0.1, -0.05) is 31.5 Å². The number of rotatable bonds is 7. The number of carbonyl (C=O) groups excluding carboxylic acids is 2. The Morgan fingerprint density at radius 3 is 2.68 bits per heavy atom. The maximum absolute atomic E-state index is 12.7. The summed E-state index contributed by atoms with van der Waals surface area (Å²) in [6, 6.07) is 14.1. The molecule has 2 amide bonds. The van der Waals surface area contributed by atoms with E-state index in [9.17, 15) is 9.59 Å². The molecule has 2 aromatic carbocycles. The lowest BCUT2D eigenvalue weighted by Crippen LogP contribution is -2.40. The molecule has 0 atom stereocenters. The van der Waals surface area contributed by atoms with Crippen molar-refractivity contribution in [3.8, 4) is 5.75 Å².